The molecule has 1 aromatic rings. The molecule has 0 N–H and O–H groups in total. The molecule has 1 aliphatic rings. The van der Waals surface area contributed by atoms with Crippen LogP contribution in [-0.2, 0) is 0 Å². The molecule has 110 valence electrons. The van der Waals surface area contributed by atoms with Crippen molar-refractivity contribution in [3.63, 3.8) is 0 Å². The minimum absolute atomic E-state index is 0.132. The number of hydrogen-bond donors (Lipinski definition) is 0. The number of carbonyl (C=O) groups excluding carboxylic acids is 1. The van der Waals surface area contributed by atoms with Crippen molar-refractivity contribution >= 4 is 17.4 Å². The van der Waals surface area contributed by atoms with E-state index in [1.807, 2.05) is 0 Å². The molecule has 1 heterocycles. The van der Waals surface area contributed by atoms with Crippen molar-refractivity contribution in [2.45, 2.75) is 12.5 Å². The van der Waals surface area contributed by atoms with Crippen molar-refractivity contribution in [3.8, 4) is 5.75 Å². The first-order valence-corrected chi connectivity index (χ1v) is 7.14. The van der Waals surface area contributed by atoms with Gasteiger partial charge in [-0.05, 0) is 32.3 Å². The van der Waals surface area contributed by atoms with Crippen LogP contribution >= 0.6 is 11.6 Å². The van der Waals surface area contributed by atoms with Gasteiger partial charge in [-0.1, -0.05) is 11.6 Å². The first-order valence-electron chi connectivity index (χ1n) is 6.76. The van der Waals surface area contributed by atoms with E-state index in [4.69, 9.17) is 16.3 Å². The number of ketones is 1. The van der Waals surface area contributed by atoms with Crippen LogP contribution in [0, 0.1) is 0 Å². The Bertz CT molecular complexity index is 493. The highest BCUT2D eigenvalue weighted by molar-refractivity contribution is 6.32. The number of piperazine rings is 1. The van der Waals surface area contributed by atoms with Crippen molar-refractivity contribution in [1.29, 1.82) is 0 Å². The summed E-state index contributed by atoms with van der Waals surface area (Å²) < 4.78 is 5.16. The quantitative estimate of drug-likeness (QED) is 0.797. The third kappa shape index (κ3) is 3.51. The van der Waals surface area contributed by atoms with Crippen LogP contribution in [0.1, 0.15) is 16.8 Å². The zero-order chi connectivity index (χ0) is 14.7. The van der Waals surface area contributed by atoms with Gasteiger partial charge in [0.15, 0.2) is 5.78 Å². The van der Waals surface area contributed by atoms with E-state index in [1.165, 1.54) is 0 Å². The molecule has 0 amide bonds. The maximum Gasteiger partial charge on any atom is 0.164 e. The van der Waals surface area contributed by atoms with Crippen LogP contribution in [0.2, 0.25) is 5.02 Å². The molecule has 0 radical (unpaired) electrons. The monoisotopic (exact) mass is 296 g/mol. The predicted molar refractivity (Wildman–Crippen MR) is 80.9 cm³/mol. The van der Waals surface area contributed by atoms with Gasteiger partial charge < -0.3 is 14.5 Å². The van der Waals surface area contributed by atoms with E-state index in [2.05, 4.69) is 23.9 Å². The third-order valence-corrected chi connectivity index (χ3v) is 4.19. The van der Waals surface area contributed by atoms with Crippen molar-refractivity contribution < 1.29 is 9.53 Å². The maximum absolute atomic E-state index is 12.4. The molecule has 1 saturated heterocycles. The van der Waals surface area contributed by atoms with E-state index in [9.17, 15) is 4.79 Å². The second kappa shape index (κ2) is 6.57. The zero-order valence-corrected chi connectivity index (χ0v) is 13.0. The van der Waals surface area contributed by atoms with Gasteiger partial charge in [-0.3, -0.25) is 4.79 Å². The van der Waals surface area contributed by atoms with E-state index >= 15 is 0 Å². The first kappa shape index (κ1) is 15.3. The van der Waals surface area contributed by atoms with Crippen molar-refractivity contribution in [3.05, 3.63) is 28.8 Å². The lowest BCUT2D eigenvalue weighted by Crippen LogP contribution is -2.50. The summed E-state index contributed by atoms with van der Waals surface area (Å²) in [6.45, 7) is 2.97. The number of benzene rings is 1. The Balaban J connectivity index is 2.07. The number of hydrogen-bond acceptors (Lipinski definition) is 4. The van der Waals surface area contributed by atoms with Gasteiger partial charge in [-0.25, -0.2) is 0 Å². The Hall–Kier alpha value is -1.10. The Kier molecular flexibility index (Phi) is 5.02. The molecule has 4 nitrogen and oxygen atoms in total. The summed E-state index contributed by atoms with van der Waals surface area (Å²) in [5.74, 6) is 0.679. The van der Waals surface area contributed by atoms with Gasteiger partial charge in [-0.2, -0.15) is 0 Å². The Morgan fingerprint density at radius 3 is 2.85 bits per heavy atom. The lowest BCUT2D eigenvalue weighted by molar-refractivity contribution is 0.0810. The van der Waals surface area contributed by atoms with Crippen molar-refractivity contribution in [2.75, 3.05) is 40.8 Å². The van der Waals surface area contributed by atoms with Gasteiger partial charge in [0.1, 0.15) is 5.75 Å². The minimum atomic E-state index is 0.132. The molecule has 0 bridgehead atoms. The highest BCUT2D eigenvalue weighted by atomic mass is 35.5. The largest absolute Gasteiger partial charge is 0.495 e. The van der Waals surface area contributed by atoms with Crippen LogP contribution in [0.15, 0.2) is 18.2 Å². The second-order valence-electron chi connectivity index (χ2n) is 5.37. The lowest BCUT2D eigenvalue weighted by atomic mass is 10.0. The molecule has 1 fully saturated rings. The van der Waals surface area contributed by atoms with Gasteiger partial charge in [0.25, 0.3) is 0 Å². The summed E-state index contributed by atoms with van der Waals surface area (Å²) in [5, 5.41) is 0.526. The maximum atomic E-state index is 12.4. The van der Waals surface area contributed by atoms with Crippen LogP contribution < -0.4 is 4.74 Å². The number of likely N-dealkylation sites (N-methyl/N-ethyl adjacent to an activating group) is 2. The van der Waals surface area contributed by atoms with Gasteiger partial charge >= 0.3 is 0 Å². The summed E-state index contributed by atoms with van der Waals surface area (Å²) in [4.78, 5) is 16.9. The number of carbonyl (C=O) groups is 1. The number of ether oxygens (including phenoxy) is 1. The molecule has 5 heteroatoms. The summed E-state index contributed by atoms with van der Waals surface area (Å²) in [5.41, 5.74) is 0.660. The molecule has 1 unspecified atom stereocenters. The first-order chi connectivity index (χ1) is 9.51. The summed E-state index contributed by atoms with van der Waals surface area (Å²) in [6, 6.07) is 5.46. The van der Waals surface area contributed by atoms with Crippen LogP contribution in [0.4, 0.5) is 0 Å². The zero-order valence-electron chi connectivity index (χ0n) is 12.2. The van der Waals surface area contributed by atoms with Gasteiger partial charge in [0.05, 0.1) is 12.1 Å². The molecule has 1 aromatic carbocycles. The van der Waals surface area contributed by atoms with Crippen molar-refractivity contribution in [1.82, 2.24) is 9.80 Å². The molecule has 0 aromatic heterocycles. The molecule has 1 aliphatic heterocycles. The third-order valence-electron chi connectivity index (χ3n) is 3.87. The molecule has 2 rings (SSSR count). The lowest BCUT2D eigenvalue weighted by Gasteiger charge is -2.37. The summed E-state index contributed by atoms with van der Waals surface area (Å²) >= 11 is 5.98. The van der Waals surface area contributed by atoms with E-state index in [1.54, 1.807) is 25.3 Å². The number of Topliss-reactive ketones (excluding diaryl/α,β-unsaturated/α-hetero) is 1. The average molecular weight is 297 g/mol. The van der Waals surface area contributed by atoms with Crippen LogP contribution in [0.25, 0.3) is 0 Å². The normalized spacial score (nSPS) is 20.9. The molecular formula is C15H21ClN2O2. The standard InChI is InChI=1S/C15H21ClN2O2/c1-17-6-7-18(2)12(10-17)9-14(19)11-4-5-13(16)15(8-11)20-3/h4-5,8,12H,6-7,9-10H2,1-3H3. The van der Waals surface area contributed by atoms with E-state index in [0.717, 1.165) is 19.6 Å². The fraction of sp³-hybridized carbons (Fsp3) is 0.533. The molecule has 0 aliphatic carbocycles. The Morgan fingerprint density at radius 1 is 1.40 bits per heavy atom. The fourth-order valence-electron chi connectivity index (χ4n) is 2.49. The highest BCUT2D eigenvalue weighted by Gasteiger charge is 2.25. The topological polar surface area (TPSA) is 32.8 Å². The van der Waals surface area contributed by atoms with Gasteiger partial charge in [0.2, 0.25) is 0 Å². The molecule has 1 atom stereocenters. The SMILES string of the molecule is COc1cc(C(=O)CC2CN(C)CCN2C)ccc1Cl. The highest BCUT2D eigenvalue weighted by Crippen LogP contribution is 2.26. The van der Waals surface area contributed by atoms with Crippen molar-refractivity contribution in [2.24, 2.45) is 0 Å². The molecular weight excluding hydrogens is 276 g/mol. The summed E-state index contributed by atoms with van der Waals surface area (Å²) in [7, 11) is 5.72. The summed E-state index contributed by atoms with van der Waals surface area (Å²) in [6.07, 6.45) is 0.519. The molecule has 0 spiro atoms. The molecule has 0 saturated carbocycles. The number of methoxy groups -OCH3 is 1. The molecule has 20 heavy (non-hydrogen) atoms. The smallest absolute Gasteiger partial charge is 0.164 e. The van der Waals surface area contributed by atoms with Crippen LogP contribution in [-0.4, -0.2) is 62.5 Å². The Labute approximate surface area is 125 Å². The second-order valence-corrected chi connectivity index (χ2v) is 5.78. The predicted octanol–water partition coefficient (Wildman–Crippen LogP) is 2.17. The fourth-order valence-corrected chi connectivity index (χ4v) is 2.68. The van der Waals surface area contributed by atoms with E-state index in [-0.39, 0.29) is 11.8 Å². The van der Waals surface area contributed by atoms with E-state index < -0.39 is 0 Å². The van der Waals surface area contributed by atoms with Gasteiger partial charge in [0, 0.05) is 37.7 Å². The van der Waals surface area contributed by atoms with Crippen LogP contribution in [0.5, 0.6) is 5.75 Å². The van der Waals surface area contributed by atoms with Crippen LogP contribution in [0.3, 0.4) is 0 Å². The Morgan fingerprint density at radius 2 is 2.15 bits per heavy atom. The number of rotatable bonds is 4. The minimum Gasteiger partial charge on any atom is -0.495 e. The number of nitrogens with zero attached hydrogens (tertiary/aromatic N) is 2. The average Bonchev–Trinajstić information content (AvgIpc) is 2.43. The van der Waals surface area contributed by atoms with Gasteiger partial charge in [-0.15, -0.1) is 0 Å². The van der Waals surface area contributed by atoms with E-state index in [0.29, 0.717) is 22.8 Å². The number of halogens is 1.